The Morgan fingerprint density at radius 3 is 2.65 bits per heavy atom. The van der Waals surface area contributed by atoms with E-state index in [4.69, 9.17) is 9.84 Å². The largest absolute Gasteiger partial charge is 0.491 e. The van der Waals surface area contributed by atoms with Gasteiger partial charge in [0.15, 0.2) is 0 Å². The molecule has 0 aliphatic carbocycles. The molecule has 0 spiro atoms. The van der Waals surface area contributed by atoms with E-state index in [9.17, 15) is 14.7 Å². The average Bonchev–Trinajstić information content (AvgIpc) is 2.94. The van der Waals surface area contributed by atoms with Crippen LogP contribution in [0.4, 0.5) is 0 Å². The fraction of sp³-hybridized carbons (Fsp3) is 0.267. The summed E-state index contributed by atoms with van der Waals surface area (Å²) in [5.41, 5.74) is 0.949. The van der Waals surface area contributed by atoms with Crippen molar-refractivity contribution in [2.75, 3.05) is 0 Å². The highest BCUT2D eigenvalue weighted by Crippen LogP contribution is 2.31. The van der Waals surface area contributed by atoms with Crippen LogP contribution in [-0.4, -0.2) is 31.2 Å². The molecular weight excluding hydrogens is 433 g/mol. The molecule has 0 saturated heterocycles. The van der Waals surface area contributed by atoms with Gasteiger partial charge in [-0.05, 0) is 41.7 Å². The summed E-state index contributed by atoms with van der Waals surface area (Å²) in [6, 6.07) is 4.89. The van der Waals surface area contributed by atoms with Gasteiger partial charge in [-0.2, -0.15) is 0 Å². The van der Waals surface area contributed by atoms with Gasteiger partial charge in [-0.3, -0.25) is 4.79 Å². The first kappa shape index (κ1) is 18.0. The quantitative estimate of drug-likeness (QED) is 0.578. The number of ether oxygens (including phenoxy) is 1. The van der Waals surface area contributed by atoms with Gasteiger partial charge >= 0.3 is 5.97 Å². The lowest BCUT2D eigenvalue weighted by atomic mass is 10.1. The number of aliphatic hydroxyl groups is 1. The standard InChI is InChI=1S/C15H16INO5S/c1-8(2)22-11-4-9(7-18)3-10(5-11)13(19)17-15-16-6-12(23-15)14(20)21/h3-6,8,18H,7H2,1-2H3,(H,17,19)(H,20,21). The summed E-state index contributed by atoms with van der Waals surface area (Å²) in [4.78, 5) is 23.5. The number of nitrogens with one attached hydrogen (secondary N) is 1. The third kappa shape index (κ3) is 5.05. The maximum Gasteiger partial charge on any atom is 0.343 e. The molecular formula is C15H16INO5S. The van der Waals surface area contributed by atoms with Crippen LogP contribution < -0.4 is 10.1 Å². The third-order valence-electron chi connectivity index (χ3n) is 2.66. The Kier molecular flexibility index (Phi) is 6.19. The molecule has 23 heavy (non-hydrogen) atoms. The fourth-order valence-electron chi connectivity index (χ4n) is 1.77. The minimum absolute atomic E-state index is 0.0483. The normalized spacial score (nSPS) is 13.9. The minimum atomic E-state index is -0.978. The lowest BCUT2D eigenvalue weighted by Gasteiger charge is -2.13. The highest BCUT2D eigenvalue weighted by atomic mass is 127. The zero-order valence-electron chi connectivity index (χ0n) is 12.5. The van der Waals surface area contributed by atoms with Crippen LogP contribution in [0.15, 0.2) is 27.2 Å². The van der Waals surface area contributed by atoms with Gasteiger partial charge in [0.05, 0.1) is 12.7 Å². The van der Waals surface area contributed by atoms with E-state index in [-0.39, 0.29) is 23.5 Å². The van der Waals surface area contributed by atoms with Crippen LogP contribution in [0.5, 0.6) is 5.75 Å². The van der Waals surface area contributed by atoms with E-state index >= 15 is 0 Å². The average molecular weight is 449 g/mol. The van der Waals surface area contributed by atoms with Crippen LogP contribution >= 0.6 is 32.5 Å². The van der Waals surface area contributed by atoms with Crippen molar-refractivity contribution >= 4 is 47.3 Å². The van der Waals surface area contributed by atoms with Gasteiger partial charge in [0.1, 0.15) is 13.6 Å². The van der Waals surface area contributed by atoms with E-state index in [0.717, 1.165) is 11.8 Å². The number of amides is 1. The third-order valence-corrected chi connectivity index (χ3v) is 6.90. The van der Waals surface area contributed by atoms with Gasteiger partial charge < -0.3 is 20.3 Å². The van der Waals surface area contributed by atoms with E-state index in [1.54, 1.807) is 22.3 Å². The molecule has 2 rings (SSSR count). The molecule has 1 aromatic carbocycles. The number of aliphatic hydroxyl groups excluding tert-OH is 1. The Hall–Kier alpha value is -1.39. The van der Waals surface area contributed by atoms with Gasteiger partial charge in [-0.1, -0.05) is 32.5 Å². The molecule has 1 aromatic rings. The van der Waals surface area contributed by atoms with Gasteiger partial charge in [0.25, 0.3) is 5.91 Å². The molecule has 1 aliphatic rings. The van der Waals surface area contributed by atoms with E-state index < -0.39 is 26.7 Å². The second-order valence-corrected chi connectivity index (χ2v) is 9.02. The van der Waals surface area contributed by atoms with E-state index in [1.165, 1.54) is 0 Å². The predicted molar refractivity (Wildman–Crippen MR) is 97.9 cm³/mol. The molecule has 3 N–H and O–H groups in total. The Morgan fingerprint density at radius 2 is 2.09 bits per heavy atom. The van der Waals surface area contributed by atoms with E-state index in [0.29, 0.717) is 19.8 Å². The lowest BCUT2D eigenvalue weighted by molar-refractivity contribution is -0.131. The molecule has 1 aliphatic heterocycles. The first-order valence-electron chi connectivity index (χ1n) is 6.73. The number of carboxylic acids is 1. The van der Waals surface area contributed by atoms with Crippen molar-refractivity contribution in [3.05, 3.63) is 38.3 Å². The van der Waals surface area contributed by atoms with Crippen molar-refractivity contribution in [1.29, 1.82) is 0 Å². The van der Waals surface area contributed by atoms with Crippen molar-refractivity contribution in [2.45, 2.75) is 26.6 Å². The summed E-state index contributed by atoms with van der Waals surface area (Å²) >= 11 is 0.448. The number of halogens is 1. The van der Waals surface area contributed by atoms with Gasteiger partial charge in [0.2, 0.25) is 0 Å². The fourth-order valence-corrected chi connectivity index (χ4v) is 5.59. The Morgan fingerprint density at radius 1 is 1.35 bits per heavy atom. The second kappa shape index (κ2) is 7.93. The predicted octanol–water partition coefficient (Wildman–Crippen LogP) is 2.43. The molecule has 0 bridgehead atoms. The van der Waals surface area contributed by atoms with Crippen molar-refractivity contribution in [2.24, 2.45) is 0 Å². The lowest BCUT2D eigenvalue weighted by Crippen LogP contribution is -2.27. The van der Waals surface area contributed by atoms with Crippen LogP contribution in [0.3, 0.4) is 0 Å². The Balaban J connectivity index is 2.12. The summed E-state index contributed by atoms with van der Waals surface area (Å²) in [6.07, 6.45) is -0.0483. The summed E-state index contributed by atoms with van der Waals surface area (Å²) in [6.45, 7) is 3.55. The highest BCUT2D eigenvalue weighted by molar-refractivity contribution is 14.2. The molecule has 0 unspecified atom stereocenters. The number of hydrogen-bond acceptors (Lipinski definition) is 5. The number of carbonyl (C=O) groups is 2. The summed E-state index contributed by atoms with van der Waals surface area (Å²) in [5, 5.41) is 21.0. The number of rotatable bonds is 6. The van der Waals surface area contributed by atoms with Crippen LogP contribution in [0.1, 0.15) is 29.8 Å². The smallest absolute Gasteiger partial charge is 0.343 e. The topological polar surface area (TPSA) is 95.9 Å². The van der Waals surface area contributed by atoms with Gasteiger partial charge in [-0.15, -0.1) is 0 Å². The van der Waals surface area contributed by atoms with Crippen LogP contribution in [0, 0.1) is 0 Å². The van der Waals surface area contributed by atoms with E-state index in [1.807, 2.05) is 13.8 Å². The molecule has 6 nitrogen and oxygen atoms in total. The first-order chi connectivity index (χ1) is 10.9. The summed E-state index contributed by atoms with van der Waals surface area (Å²) in [7, 11) is 0. The number of carbonyl (C=O) groups excluding carboxylic acids is 1. The molecule has 1 heterocycles. The maximum absolute atomic E-state index is 12.3. The van der Waals surface area contributed by atoms with Crippen molar-refractivity contribution < 1.29 is 24.5 Å². The molecule has 0 radical (unpaired) electrons. The van der Waals surface area contributed by atoms with Crippen LogP contribution in [-0.2, 0) is 11.4 Å². The monoisotopic (exact) mass is 449 g/mol. The SMILES string of the molecule is CC(C)Oc1cc(CO)cc(C(=O)NC2=IC=C(C(=O)O)S2)c1. The molecule has 1 amide bonds. The zero-order valence-corrected chi connectivity index (χ0v) is 15.5. The number of thioether (sulfide) groups is 1. The van der Waals surface area contributed by atoms with Crippen LogP contribution in [0.25, 0.3) is 0 Å². The summed E-state index contributed by atoms with van der Waals surface area (Å²) < 4.78 is 7.92. The highest BCUT2D eigenvalue weighted by Gasteiger charge is 2.19. The van der Waals surface area contributed by atoms with Crippen molar-refractivity contribution in [3.63, 3.8) is 0 Å². The number of aliphatic carboxylic acids is 1. The molecule has 0 aromatic heterocycles. The van der Waals surface area contributed by atoms with Crippen molar-refractivity contribution in [3.8, 4) is 5.75 Å². The minimum Gasteiger partial charge on any atom is -0.491 e. The Labute approximate surface area is 147 Å². The van der Waals surface area contributed by atoms with Crippen LogP contribution in [0.2, 0.25) is 0 Å². The van der Waals surface area contributed by atoms with Gasteiger partial charge in [0, 0.05) is 5.56 Å². The first-order valence-corrected chi connectivity index (χ1v) is 9.87. The molecule has 0 fully saturated rings. The second-order valence-electron chi connectivity index (χ2n) is 4.91. The maximum atomic E-state index is 12.3. The van der Waals surface area contributed by atoms with Crippen molar-refractivity contribution in [1.82, 2.24) is 5.32 Å². The number of hydrogen-bond donors (Lipinski definition) is 3. The van der Waals surface area contributed by atoms with E-state index in [2.05, 4.69) is 5.32 Å². The molecule has 0 saturated carbocycles. The molecule has 0 atom stereocenters. The summed E-state index contributed by atoms with van der Waals surface area (Å²) in [5.74, 6) is -0.801. The van der Waals surface area contributed by atoms with Gasteiger partial charge in [-0.25, -0.2) is 4.79 Å². The number of carboxylic acid groups (broad SMARTS) is 1. The number of benzene rings is 1. The molecule has 8 heteroatoms. The Bertz CT molecular complexity index is 699. The molecule has 124 valence electrons. The zero-order chi connectivity index (χ0) is 17.0.